The maximum Gasteiger partial charge on any atom is 0.294 e. The van der Waals surface area contributed by atoms with Gasteiger partial charge >= 0.3 is 0 Å². The average Bonchev–Trinajstić information content (AvgIpc) is 3.00. The van der Waals surface area contributed by atoms with Gasteiger partial charge in [0.05, 0.1) is 22.1 Å². The monoisotopic (exact) mass is 435 g/mol. The van der Waals surface area contributed by atoms with E-state index in [0.29, 0.717) is 24.0 Å². The molecule has 1 heterocycles. The number of benzene rings is 3. The third kappa shape index (κ3) is 4.02. The summed E-state index contributed by atoms with van der Waals surface area (Å²) in [6, 6.07) is 20.0. The number of hydrogen-bond donors (Lipinski definition) is 1. The second-order valence-corrected chi connectivity index (χ2v) is 8.98. The SMILES string of the molecule is Cc1ccc(S(=O)(=O)O)cc1CC[C@H](c1ccccc1)N1C(=O)c2ccccc2C1=O. The summed E-state index contributed by atoms with van der Waals surface area (Å²) in [7, 11) is -4.32. The summed E-state index contributed by atoms with van der Waals surface area (Å²) < 4.78 is 32.4. The van der Waals surface area contributed by atoms with E-state index in [1.807, 2.05) is 37.3 Å². The predicted molar refractivity (Wildman–Crippen MR) is 115 cm³/mol. The number of carbonyl (C=O) groups excluding carboxylic acids is 2. The Labute approximate surface area is 180 Å². The smallest absolute Gasteiger partial charge is 0.282 e. The van der Waals surface area contributed by atoms with E-state index in [1.165, 1.54) is 17.0 Å². The van der Waals surface area contributed by atoms with Crippen LogP contribution in [0, 0.1) is 6.92 Å². The van der Waals surface area contributed by atoms with Crippen LogP contribution in [0.1, 0.15) is 49.9 Å². The molecule has 1 atom stereocenters. The molecule has 0 unspecified atom stereocenters. The Morgan fingerprint density at radius 2 is 1.45 bits per heavy atom. The zero-order valence-electron chi connectivity index (χ0n) is 16.9. The van der Waals surface area contributed by atoms with Gasteiger partial charge in [-0.15, -0.1) is 0 Å². The van der Waals surface area contributed by atoms with Gasteiger partial charge in [-0.3, -0.25) is 19.0 Å². The van der Waals surface area contributed by atoms with Crippen LogP contribution in [0.4, 0.5) is 0 Å². The molecule has 0 fully saturated rings. The van der Waals surface area contributed by atoms with Crippen molar-refractivity contribution in [2.45, 2.75) is 30.7 Å². The fourth-order valence-corrected chi connectivity index (χ4v) is 4.51. The average molecular weight is 436 g/mol. The van der Waals surface area contributed by atoms with Crippen LogP contribution < -0.4 is 0 Å². The van der Waals surface area contributed by atoms with E-state index in [0.717, 1.165) is 16.7 Å². The van der Waals surface area contributed by atoms with Crippen molar-refractivity contribution in [2.75, 3.05) is 0 Å². The summed E-state index contributed by atoms with van der Waals surface area (Å²) >= 11 is 0. The van der Waals surface area contributed by atoms with E-state index in [-0.39, 0.29) is 16.7 Å². The second kappa shape index (κ2) is 8.09. The van der Waals surface area contributed by atoms with Crippen LogP contribution in [-0.4, -0.2) is 29.7 Å². The Kier molecular flexibility index (Phi) is 5.47. The van der Waals surface area contributed by atoms with Gasteiger partial charge < -0.3 is 0 Å². The first-order chi connectivity index (χ1) is 14.8. The van der Waals surface area contributed by atoms with Gasteiger partial charge in [-0.05, 0) is 60.7 Å². The Morgan fingerprint density at radius 3 is 2.03 bits per heavy atom. The minimum Gasteiger partial charge on any atom is -0.282 e. The lowest BCUT2D eigenvalue weighted by molar-refractivity contribution is 0.0574. The van der Waals surface area contributed by atoms with Crippen molar-refractivity contribution in [1.29, 1.82) is 0 Å². The first-order valence-corrected chi connectivity index (χ1v) is 11.3. The van der Waals surface area contributed by atoms with Crippen LogP contribution in [0.2, 0.25) is 0 Å². The van der Waals surface area contributed by atoms with Crippen molar-refractivity contribution in [3.63, 3.8) is 0 Å². The minimum absolute atomic E-state index is 0.176. The van der Waals surface area contributed by atoms with E-state index in [9.17, 15) is 22.6 Å². The zero-order valence-corrected chi connectivity index (χ0v) is 17.7. The number of imide groups is 1. The minimum atomic E-state index is -4.32. The lowest BCUT2D eigenvalue weighted by Crippen LogP contribution is -2.34. The van der Waals surface area contributed by atoms with Gasteiger partial charge in [0.1, 0.15) is 0 Å². The topological polar surface area (TPSA) is 91.8 Å². The van der Waals surface area contributed by atoms with E-state index < -0.39 is 16.2 Å². The number of nitrogens with zero attached hydrogens (tertiary/aromatic N) is 1. The number of amides is 2. The maximum atomic E-state index is 13.1. The standard InChI is InChI=1S/C24H21NO5S/c1-16-11-13-19(31(28,29)30)15-18(16)12-14-22(17-7-3-2-4-8-17)25-23(26)20-9-5-6-10-21(20)24(25)27/h2-11,13,15,22H,12,14H2,1H3,(H,28,29,30)/t22-/m1/s1. The van der Waals surface area contributed by atoms with Crippen molar-refractivity contribution in [1.82, 2.24) is 4.90 Å². The molecule has 31 heavy (non-hydrogen) atoms. The molecule has 1 aliphatic heterocycles. The fraction of sp³-hybridized carbons (Fsp3) is 0.167. The summed E-state index contributed by atoms with van der Waals surface area (Å²) in [5.41, 5.74) is 3.19. The highest BCUT2D eigenvalue weighted by atomic mass is 32.2. The Balaban J connectivity index is 1.69. The molecular formula is C24H21NO5S. The van der Waals surface area contributed by atoms with E-state index in [2.05, 4.69) is 0 Å². The first kappa shape index (κ1) is 21.0. The summed E-state index contributed by atoms with van der Waals surface area (Å²) in [6.45, 7) is 1.85. The van der Waals surface area contributed by atoms with Gasteiger partial charge in [0.15, 0.2) is 0 Å². The molecule has 6 nitrogen and oxygen atoms in total. The molecule has 1 N–H and O–H groups in total. The third-order valence-corrected chi connectivity index (χ3v) is 6.48. The van der Waals surface area contributed by atoms with Gasteiger partial charge in [-0.2, -0.15) is 8.42 Å². The first-order valence-electron chi connectivity index (χ1n) is 9.86. The molecule has 0 aliphatic carbocycles. The predicted octanol–water partition coefficient (Wildman–Crippen LogP) is 4.21. The van der Waals surface area contributed by atoms with Crippen molar-refractivity contribution >= 4 is 21.9 Å². The van der Waals surface area contributed by atoms with E-state index in [4.69, 9.17) is 0 Å². The van der Waals surface area contributed by atoms with Crippen molar-refractivity contribution in [3.8, 4) is 0 Å². The summed E-state index contributed by atoms with van der Waals surface area (Å²) in [4.78, 5) is 27.3. The molecule has 0 radical (unpaired) electrons. The number of rotatable bonds is 6. The lowest BCUT2D eigenvalue weighted by Gasteiger charge is -2.27. The molecule has 158 valence electrons. The molecule has 0 bridgehead atoms. The van der Waals surface area contributed by atoms with E-state index >= 15 is 0 Å². The molecular weight excluding hydrogens is 414 g/mol. The molecule has 3 aromatic carbocycles. The molecule has 0 saturated heterocycles. The van der Waals surface area contributed by atoms with Crippen LogP contribution in [0.15, 0.2) is 77.7 Å². The van der Waals surface area contributed by atoms with Crippen LogP contribution >= 0.6 is 0 Å². The Hall–Kier alpha value is -3.29. The Bertz CT molecular complexity index is 1230. The number of carbonyl (C=O) groups is 2. The molecule has 3 aromatic rings. The lowest BCUT2D eigenvalue weighted by atomic mass is 9.95. The Morgan fingerprint density at radius 1 is 0.871 bits per heavy atom. The molecule has 7 heteroatoms. The highest BCUT2D eigenvalue weighted by molar-refractivity contribution is 7.85. The van der Waals surface area contributed by atoms with Gasteiger partial charge in [-0.1, -0.05) is 48.5 Å². The van der Waals surface area contributed by atoms with Crippen LogP contribution in [-0.2, 0) is 16.5 Å². The van der Waals surface area contributed by atoms with Gasteiger partial charge in [0.25, 0.3) is 21.9 Å². The summed E-state index contributed by atoms with van der Waals surface area (Å²) in [5.74, 6) is -0.671. The molecule has 0 spiro atoms. The second-order valence-electron chi connectivity index (χ2n) is 7.55. The third-order valence-electron chi connectivity index (χ3n) is 5.63. The van der Waals surface area contributed by atoms with Gasteiger partial charge in [0, 0.05) is 0 Å². The van der Waals surface area contributed by atoms with Crippen LogP contribution in [0.25, 0.3) is 0 Å². The molecule has 2 amide bonds. The molecule has 4 rings (SSSR count). The number of aryl methyl sites for hydroxylation is 2. The largest absolute Gasteiger partial charge is 0.294 e. The maximum absolute atomic E-state index is 13.1. The zero-order chi connectivity index (χ0) is 22.2. The summed E-state index contributed by atoms with van der Waals surface area (Å²) in [6.07, 6.45) is 0.827. The van der Waals surface area contributed by atoms with Crippen molar-refractivity contribution in [3.05, 3.63) is 101 Å². The molecule has 0 aromatic heterocycles. The van der Waals surface area contributed by atoms with Crippen LogP contribution in [0.3, 0.4) is 0 Å². The number of hydrogen-bond acceptors (Lipinski definition) is 4. The fourth-order valence-electron chi connectivity index (χ4n) is 3.98. The van der Waals surface area contributed by atoms with Crippen LogP contribution in [0.5, 0.6) is 0 Å². The molecule has 1 aliphatic rings. The highest BCUT2D eigenvalue weighted by Crippen LogP contribution is 2.34. The van der Waals surface area contributed by atoms with Gasteiger partial charge in [-0.25, -0.2) is 0 Å². The van der Waals surface area contributed by atoms with Gasteiger partial charge in [0.2, 0.25) is 0 Å². The number of fused-ring (bicyclic) bond motifs is 1. The quantitative estimate of drug-likeness (QED) is 0.463. The van der Waals surface area contributed by atoms with E-state index in [1.54, 1.807) is 30.3 Å². The van der Waals surface area contributed by atoms with Crippen molar-refractivity contribution < 1.29 is 22.6 Å². The summed E-state index contributed by atoms with van der Waals surface area (Å²) in [5, 5.41) is 0. The normalized spacial score (nSPS) is 14.6. The molecule has 0 saturated carbocycles. The van der Waals surface area contributed by atoms with Crippen molar-refractivity contribution in [2.24, 2.45) is 0 Å². The highest BCUT2D eigenvalue weighted by Gasteiger charge is 2.40.